The number of rotatable bonds is 5. The summed E-state index contributed by atoms with van der Waals surface area (Å²) in [7, 11) is 0. The smallest absolute Gasteiger partial charge is 0.329 e. The van der Waals surface area contributed by atoms with Crippen LogP contribution in [0.25, 0.3) is 0 Å². The number of esters is 1. The van der Waals surface area contributed by atoms with Crippen LogP contribution in [0.5, 0.6) is 0 Å². The molecule has 2 bridgehead atoms. The first-order valence-electron chi connectivity index (χ1n) is 12.2. The highest BCUT2D eigenvalue weighted by Gasteiger charge is 2.62. The Balaban J connectivity index is 1.21. The predicted octanol–water partition coefficient (Wildman–Crippen LogP) is 4.76. The van der Waals surface area contributed by atoms with Crippen molar-refractivity contribution in [3.05, 3.63) is 99.0 Å². The molecule has 0 aromatic heterocycles. The van der Waals surface area contributed by atoms with Crippen LogP contribution in [0.4, 0.5) is 5.69 Å². The molecule has 3 atom stereocenters. The molecule has 38 heavy (non-hydrogen) atoms. The van der Waals surface area contributed by atoms with Gasteiger partial charge in [0, 0.05) is 11.8 Å². The van der Waals surface area contributed by atoms with E-state index in [2.05, 4.69) is 5.32 Å². The maximum Gasteiger partial charge on any atom is 0.329 e. The molecule has 7 rings (SSSR count). The zero-order chi connectivity index (χ0) is 26.7. The maximum atomic E-state index is 13.7. The van der Waals surface area contributed by atoms with Crippen LogP contribution in [0.2, 0.25) is 10.0 Å². The predicted molar refractivity (Wildman–Crippen MR) is 141 cm³/mol. The summed E-state index contributed by atoms with van der Waals surface area (Å²) in [6, 6.07) is 19.4. The average molecular weight is 549 g/mol. The van der Waals surface area contributed by atoms with Gasteiger partial charge in [-0.2, -0.15) is 0 Å². The lowest BCUT2D eigenvalue weighted by Crippen LogP contribution is -2.45. The normalized spacial score (nSPS) is 23.4. The third kappa shape index (κ3) is 3.64. The number of hydrogen-bond acceptors (Lipinski definition) is 5. The molecule has 7 nitrogen and oxygen atoms in total. The third-order valence-electron chi connectivity index (χ3n) is 7.78. The van der Waals surface area contributed by atoms with Gasteiger partial charge in [-0.15, -0.1) is 0 Å². The fraction of sp³-hybridized carbons (Fsp3) is 0.241. The summed E-state index contributed by atoms with van der Waals surface area (Å²) in [6.45, 7) is 0.834. The second kappa shape index (κ2) is 9.26. The second-order valence-corrected chi connectivity index (χ2v) is 10.5. The van der Waals surface area contributed by atoms with Crippen LogP contribution in [0.15, 0.2) is 66.7 Å². The molecule has 3 aromatic carbocycles. The Bertz CT molecular complexity index is 1410. The monoisotopic (exact) mass is 548 g/mol. The van der Waals surface area contributed by atoms with E-state index < -0.39 is 48.2 Å². The molecule has 1 aliphatic heterocycles. The van der Waals surface area contributed by atoms with E-state index in [1.54, 1.807) is 18.2 Å². The van der Waals surface area contributed by atoms with Crippen LogP contribution in [0.3, 0.4) is 0 Å². The van der Waals surface area contributed by atoms with Gasteiger partial charge in [-0.25, -0.2) is 4.79 Å². The Kier molecular flexibility index (Phi) is 6.00. The van der Waals surface area contributed by atoms with E-state index in [0.29, 0.717) is 0 Å². The number of nitrogens with one attached hydrogen (secondary N) is 1. The summed E-state index contributed by atoms with van der Waals surface area (Å²) in [4.78, 5) is 53.8. The Morgan fingerprint density at radius 1 is 0.842 bits per heavy atom. The molecule has 0 unspecified atom stereocenters. The minimum absolute atomic E-state index is 0.162. The molecule has 1 heterocycles. The summed E-state index contributed by atoms with van der Waals surface area (Å²) in [5, 5.41) is 2.96. The van der Waals surface area contributed by atoms with Crippen molar-refractivity contribution < 1.29 is 23.9 Å². The minimum atomic E-state index is -1.19. The lowest BCUT2D eigenvalue weighted by Gasteiger charge is -2.45. The lowest BCUT2D eigenvalue weighted by molar-refractivity contribution is -0.159. The second-order valence-electron chi connectivity index (χ2n) is 9.74. The molecular formula is C29H22Cl2N2O5. The van der Waals surface area contributed by atoms with Crippen molar-refractivity contribution in [3.8, 4) is 0 Å². The van der Waals surface area contributed by atoms with Gasteiger partial charge in [0.25, 0.3) is 5.91 Å². The number of carbonyl (C=O) groups is 4. The topological polar surface area (TPSA) is 92.8 Å². The van der Waals surface area contributed by atoms with Gasteiger partial charge in [0.1, 0.15) is 6.04 Å². The van der Waals surface area contributed by atoms with Gasteiger partial charge in [0.05, 0.1) is 27.6 Å². The van der Waals surface area contributed by atoms with Crippen molar-refractivity contribution in [1.82, 2.24) is 4.90 Å². The molecule has 3 aromatic rings. The minimum Gasteiger partial charge on any atom is -0.454 e. The molecule has 9 heteroatoms. The van der Waals surface area contributed by atoms with E-state index in [1.807, 2.05) is 48.5 Å². The molecule has 0 spiro atoms. The van der Waals surface area contributed by atoms with E-state index in [1.165, 1.54) is 6.92 Å². The number of likely N-dealkylation sites (tertiary alicyclic amines) is 1. The van der Waals surface area contributed by atoms with Crippen molar-refractivity contribution in [2.24, 2.45) is 11.8 Å². The van der Waals surface area contributed by atoms with Gasteiger partial charge in [-0.3, -0.25) is 19.3 Å². The van der Waals surface area contributed by atoms with Crippen LogP contribution in [0, 0.1) is 11.8 Å². The molecule has 0 radical (unpaired) electrons. The van der Waals surface area contributed by atoms with Gasteiger partial charge < -0.3 is 10.1 Å². The van der Waals surface area contributed by atoms with Crippen molar-refractivity contribution in [2.45, 2.75) is 24.8 Å². The average Bonchev–Trinajstić information content (AvgIpc) is 3.19. The number of amides is 3. The Labute approximate surface area is 228 Å². The number of imide groups is 1. The zero-order valence-electron chi connectivity index (χ0n) is 20.2. The molecule has 192 valence electrons. The molecule has 1 N–H and O–H groups in total. The fourth-order valence-electron chi connectivity index (χ4n) is 6.23. The molecule has 3 aliphatic carbocycles. The first kappa shape index (κ1) is 24.6. The van der Waals surface area contributed by atoms with Crippen molar-refractivity contribution >= 4 is 52.6 Å². The first-order valence-corrected chi connectivity index (χ1v) is 13.0. The fourth-order valence-corrected chi connectivity index (χ4v) is 6.58. The zero-order valence-corrected chi connectivity index (χ0v) is 21.7. The Morgan fingerprint density at radius 3 is 1.84 bits per heavy atom. The third-order valence-corrected chi connectivity index (χ3v) is 8.60. The molecule has 1 saturated heterocycles. The number of benzene rings is 3. The van der Waals surface area contributed by atoms with Crippen molar-refractivity contribution in [2.75, 3.05) is 11.9 Å². The van der Waals surface area contributed by atoms with Crippen LogP contribution < -0.4 is 5.32 Å². The largest absolute Gasteiger partial charge is 0.454 e. The van der Waals surface area contributed by atoms with Gasteiger partial charge in [0.2, 0.25) is 11.8 Å². The Hall–Kier alpha value is -3.68. The Morgan fingerprint density at radius 2 is 1.34 bits per heavy atom. The van der Waals surface area contributed by atoms with E-state index in [0.717, 1.165) is 27.2 Å². The van der Waals surface area contributed by atoms with Gasteiger partial charge in [-0.05, 0) is 41.3 Å². The highest BCUT2D eigenvalue weighted by molar-refractivity contribution is 6.44. The van der Waals surface area contributed by atoms with Crippen LogP contribution >= 0.6 is 23.2 Å². The lowest BCUT2D eigenvalue weighted by atomic mass is 9.55. The quantitative estimate of drug-likeness (QED) is 0.366. The summed E-state index contributed by atoms with van der Waals surface area (Å²) in [5.41, 5.74) is 4.47. The number of halogens is 2. The number of nitrogens with zero attached hydrogens (tertiary/aromatic N) is 1. The first-order chi connectivity index (χ1) is 18.3. The SMILES string of the molecule is C[C@H](C(=O)OCC(=O)Nc1cccc(Cl)c1Cl)N1C(=O)[C@H]2C3c4ccccc4C(c4ccccc43)[C@@H]2C1=O. The van der Waals surface area contributed by atoms with Crippen LogP contribution in [-0.4, -0.2) is 41.2 Å². The summed E-state index contributed by atoms with van der Waals surface area (Å²) in [6.07, 6.45) is 0. The van der Waals surface area contributed by atoms with E-state index in [-0.39, 0.29) is 27.6 Å². The van der Waals surface area contributed by atoms with Crippen LogP contribution in [-0.2, 0) is 23.9 Å². The van der Waals surface area contributed by atoms with E-state index in [4.69, 9.17) is 27.9 Å². The highest BCUT2D eigenvalue weighted by Crippen LogP contribution is 2.61. The molecule has 3 amide bonds. The van der Waals surface area contributed by atoms with Crippen molar-refractivity contribution in [1.29, 1.82) is 0 Å². The summed E-state index contributed by atoms with van der Waals surface area (Å²) in [5.74, 6) is -3.99. The van der Waals surface area contributed by atoms with Crippen molar-refractivity contribution in [3.63, 3.8) is 0 Å². The standard InChI is InChI=1S/C29H22Cl2N2O5/c1-14(29(37)38-13-21(34)32-20-12-6-11-19(30)26(20)31)33-27(35)24-22-15-7-2-3-8-16(15)23(25(24)28(33)36)18-10-5-4-9-17(18)22/h2-12,14,22-25H,13H2,1H3,(H,32,34)/t14-,22?,23?,24+,25+/m1/s1. The molecule has 4 aliphatic rings. The number of carbonyl (C=O) groups excluding carboxylic acids is 4. The number of hydrogen-bond donors (Lipinski definition) is 1. The van der Waals surface area contributed by atoms with Gasteiger partial charge >= 0.3 is 5.97 Å². The number of ether oxygens (including phenoxy) is 1. The maximum absolute atomic E-state index is 13.7. The molecular weight excluding hydrogens is 527 g/mol. The summed E-state index contributed by atoms with van der Waals surface area (Å²) >= 11 is 12.1. The van der Waals surface area contributed by atoms with Gasteiger partial charge in [0.15, 0.2) is 6.61 Å². The highest BCUT2D eigenvalue weighted by atomic mass is 35.5. The number of anilines is 1. The summed E-state index contributed by atoms with van der Waals surface area (Å²) < 4.78 is 5.19. The van der Waals surface area contributed by atoms with Crippen LogP contribution in [0.1, 0.15) is 41.0 Å². The molecule has 0 saturated carbocycles. The molecule has 1 fully saturated rings. The van der Waals surface area contributed by atoms with Gasteiger partial charge in [-0.1, -0.05) is 77.8 Å². The van der Waals surface area contributed by atoms with E-state index in [9.17, 15) is 19.2 Å². The van der Waals surface area contributed by atoms with E-state index >= 15 is 0 Å².